The molecule has 1 aromatic carbocycles. The number of nitrogens with zero attached hydrogens (tertiary/aromatic N) is 4. The summed E-state index contributed by atoms with van der Waals surface area (Å²) in [6.07, 6.45) is 7.69. The van der Waals surface area contributed by atoms with E-state index >= 15 is 0 Å². The van der Waals surface area contributed by atoms with Gasteiger partial charge in [0.15, 0.2) is 0 Å². The van der Waals surface area contributed by atoms with Crippen LogP contribution in [0.15, 0.2) is 46.7 Å². The second kappa shape index (κ2) is 7.86. The van der Waals surface area contributed by atoms with Crippen molar-refractivity contribution in [1.82, 2.24) is 9.89 Å². The van der Waals surface area contributed by atoms with Crippen LogP contribution < -0.4 is 15.9 Å². The summed E-state index contributed by atoms with van der Waals surface area (Å²) >= 11 is 0. The number of benzene rings is 1. The Labute approximate surface area is 175 Å². The fourth-order valence-electron chi connectivity index (χ4n) is 4.25. The number of primary sulfonamides is 1. The van der Waals surface area contributed by atoms with Crippen molar-refractivity contribution in [1.29, 1.82) is 0 Å². The number of nitrogens with two attached hydrogens (primary N) is 2. The molecule has 10 heteroatoms. The van der Waals surface area contributed by atoms with Gasteiger partial charge in [-0.3, -0.25) is 5.01 Å². The van der Waals surface area contributed by atoms with Crippen LogP contribution in [0.5, 0.6) is 0 Å². The summed E-state index contributed by atoms with van der Waals surface area (Å²) in [7, 11) is -4.00. The average Bonchev–Trinajstić information content (AvgIpc) is 3.22. The Morgan fingerprint density at radius 2 is 1.93 bits per heavy atom. The lowest BCUT2D eigenvalue weighted by Crippen LogP contribution is -2.42. The molecule has 0 unspecified atom stereocenters. The van der Waals surface area contributed by atoms with Gasteiger partial charge in [-0.15, -0.1) is 0 Å². The predicted octanol–water partition coefficient (Wildman–Crippen LogP) is 1.16. The molecule has 0 saturated heterocycles. The molecule has 1 saturated carbocycles. The van der Waals surface area contributed by atoms with Crippen molar-refractivity contribution >= 4 is 21.6 Å². The minimum absolute atomic E-state index is 0.0494. The van der Waals surface area contributed by atoms with Gasteiger partial charge in [-0.25, -0.2) is 18.5 Å². The standard InChI is InChI=1S/C20H26N6O3S/c1-13-9-17(18-11-23-20(21)12-25(18)26-8-2-7-24-26)19(30(22,28)29)10-16(13)14-3-5-15(27)6-4-14/h2,7-11,14-15,27H,3-6,12H2,1H3,(H2,21,23)(H2,22,28,29)/t14-,15-. The monoisotopic (exact) mass is 430 g/mol. The van der Waals surface area contributed by atoms with Crippen molar-refractivity contribution < 1.29 is 13.5 Å². The van der Waals surface area contributed by atoms with Crippen molar-refractivity contribution in [3.63, 3.8) is 0 Å². The number of sulfonamides is 1. The van der Waals surface area contributed by atoms with Crippen molar-refractivity contribution in [2.24, 2.45) is 15.9 Å². The van der Waals surface area contributed by atoms with Gasteiger partial charge in [0, 0.05) is 11.8 Å². The van der Waals surface area contributed by atoms with E-state index in [1.807, 2.05) is 13.0 Å². The summed E-state index contributed by atoms with van der Waals surface area (Å²) in [4.78, 5) is 5.85. The Balaban J connectivity index is 1.84. The number of aliphatic imine (C=N–C) groups is 1. The van der Waals surface area contributed by atoms with Gasteiger partial charge in [0.25, 0.3) is 0 Å². The molecule has 2 aromatic rings. The maximum absolute atomic E-state index is 12.6. The molecule has 4 rings (SSSR count). The molecule has 5 N–H and O–H groups in total. The van der Waals surface area contributed by atoms with E-state index in [2.05, 4.69) is 10.1 Å². The number of aromatic nitrogens is 2. The number of aliphatic hydroxyl groups excluding tert-OH is 1. The fraction of sp³-hybridized carbons (Fsp3) is 0.400. The highest BCUT2D eigenvalue weighted by Crippen LogP contribution is 2.38. The van der Waals surface area contributed by atoms with Gasteiger partial charge in [-0.05, 0) is 67.9 Å². The molecular weight excluding hydrogens is 404 g/mol. The van der Waals surface area contributed by atoms with E-state index in [1.54, 1.807) is 40.5 Å². The van der Waals surface area contributed by atoms with Gasteiger partial charge in [0.05, 0.1) is 35.6 Å². The second-order valence-electron chi connectivity index (χ2n) is 7.87. The van der Waals surface area contributed by atoms with Gasteiger partial charge in [0.2, 0.25) is 10.0 Å². The minimum atomic E-state index is -4.00. The molecule has 1 aromatic heterocycles. The molecule has 0 amide bonds. The zero-order valence-electron chi connectivity index (χ0n) is 16.8. The first-order chi connectivity index (χ1) is 14.2. The van der Waals surface area contributed by atoms with E-state index < -0.39 is 10.0 Å². The Bertz CT molecular complexity index is 1100. The van der Waals surface area contributed by atoms with Crippen LogP contribution in [-0.4, -0.2) is 41.9 Å². The molecule has 1 fully saturated rings. The first-order valence-electron chi connectivity index (χ1n) is 9.89. The van der Waals surface area contributed by atoms with E-state index in [9.17, 15) is 13.5 Å². The fourth-order valence-corrected chi connectivity index (χ4v) is 5.01. The quantitative estimate of drug-likeness (QED) is 0.665. The largest absolute Gasteiger partial charge is 0.393 e. The Morgan fingerprint density at radius 3 is 2.57 bits per heavy atom. The topological polar surface area (TPSA) is 140 Å². The molecule has 2 heterocycles. The summed E-state index contributed by atoms with van der Waals surface area (Å²) in [6.45, 7) is 2.23. The molecule has 0 spiro atoms. The molecule has 160 valence electrons. The normalized spacial score (nSPS) is 22.6. The summed E-state index contributed by atoms with van der Waals surface area (Å²) in [5.74, 6) is 0.583. The van der Waals surface area contributed by atoms with E-state index in [-0.39, 0.29) is 23.5 Å². The van der Waals surface area contributed by atoms with Crippen molar-refractivity contribution in [3.8, 4) is 0 Å². The van der Waals surface area contributed by atoms with Crippen LogP contribution in [0.1, 0.15) is 48.3 Å². The van der Waals surface area contributed by atoms with Gasteiger partial charge >= 0.3 is 0 Å². The maximum atomic E-state index is 12.6. The van der Waals surface area contributed by atoms with Crippen LogP contribution in [0.2, 0.25) is 0 Å². The number of hydrogen-bond acceptors (Lipinski definition) is 7. The van der Waals surface area contributed by atoms with Crippen molar-refractivity contribution in [2.45, 2.75) is 49.5 Å². The number of hydrogen-bond donors (Lipinski definition) is 3. The summed E-state index contributed by atoms with van der Waals surface area (Å²) in [5, 5.41) is 21.5. The van der Waals surface area contributed by atoms with E-state index in [1.165, 1.54) is 0 Å². The van der Waals surface area contributed by atoms with Gasteiger partial charge in [-0.1, -0.05) is 0 Å². The van der Waals surface area contributed by atoms with Crippen LogP contribution in [0.3, 0.4) is 0 Å². The van der Waals surface area contributed by atoms with Gasteiger partial charge in [-0.2, -0.15) is 9.89 Å². The third-order valence-electron chi connectivity index (χ3n) is 5.77. The number of amidine groups is 1. The third-order valence-corrected chi connectivity index (χ3v) is 6.72. The maximum Gasteiger partial charge on any atom is 0.238 e. The lowest BCUT2D eigenvalue weighted by atomic mass is 9.80. The first-order valence-corrected chi connectivity index (χ1v) is 11.4. The van der Waals surface area contributed by atoms with Crippen molar-refractivity contribution in [3.05, 3.63) is 53.5 Å². The average molecular weight is 431 g/mol. The van der Waals surface area contributed by atoms with Crippen LogP contribution in [0.25, 0.3) is 5.70 Å². The molecular formula is C20H26N6O3S. The van der Waals surface area contributed by atoms with Crippen LogP contribution in [0.4, 0.5) is 0 Å². The first kappa shape index (κ1) is 20.6. The second-order valence-corrected chi connectivity index (χ2v) is 9.40. The zero-order valence-corrected chi connectivity index (χ0v) is 17.6. The lowest BCUT2D eigenvalue weighted by molar-refractivity contribution is 0.122. The summed E-state index contributed by atoms with van der Waals surface area (Å²) in [5.41, 5.74) is 8.86. The van der Waals surface area contributed by atoms with Crippen LogP contribution in [-0.2, 0) is 10.0 Å². The highest BCUT2D eigenvalue weighted by molar-refractivity contribution is 7.89. The summed E-state index contributed by atoms with van der Waals surface area (Å²) in [6, 6.07) is 5.30. The van der Waals surface area contributed by atoms with Crippen molar-refractivity contribution in [2.75, 3.05) is 11.6 Å². The molecule has 2 aliphatic rings. The highest BCUT2D eigenvalue weighted by atomic mass is 32.2. The Morgan fingerprint density at radius 1 is 1.20 bits per heavy atom. The van der Waals surface area contributed by atoms with Crippen LogP contribution in [0, 0.1) is 6.92 Å². The molecule has 1 aliphatic heterocycles. The minimum Gasteiger partial charge on any atom is -0.393 e. The zero-order chi connectivity index (χ0) is 21.5. The Hall–Kier alpha value is -2.69. The van der Waals surface area contributed by atoms with E-state index in [4.69, 9.17) is 10.9 Å². The highest BCUT2D eigenvalue weighted by Gasteiger charge is 2.29. The van der Waals surface area contributed by atoms with Gasteiger partial charge in [0.1, 0.15) is 5.84 Å². The Kier molecular flexibility index (Phi) is 5.39. The number of rotatable bonds is 4. The van der Waals surface area contributed by atoms with E-state index in [0.717, 1.165) is 24.0 Å². The smallest absolute Gasteiger partial charge is 0.238 e. The van der Waals surface area contributed by atoms with Crippen LogP contribution >= 0.6 is 0 Å². The molecule has 30 heavy (non-hydrogen) atoms. The molecule has 1 aliphatic carbocycles. The van der Waals surface area contributed by atoms with Gasteiger partial charge < -0.3 is 10.8 Å². The predicted molar refractivity (Wildman–Crippen MR) is 115 cm³/mol. The third kappa shape index (κ3) is 3.98. The number of aryl methyl sites for hydroxylation is 1. The number of aliphatic hydroxyl groups is 1. The molecule has 0 atom stereocenters. The molecule has 0 radical (unpaired) electrons. The SMILES string of the molecule is Cc1cc(C2=CN=C(N)CN2n2cccn2)c(S(N)(=O)=O)cc1[C@H]1CC[C@H](O)CC1. The summed E-state index contributed by atoms with van der Waals surface area (Å²) < 4.78 is 25.1. The lowest BCUT2D eigenvalue weighted by Gasteiger charge is -2.31. The molecule has 0 bridgehead atoms. The van der Waals surface area contributed by atoms with E-state index in [0.29, 0.717) is 29.9 Å². The molecule has 9 nitrogen and oxygen atoms in total.